The third-order valence-electron chi connectivity index (χ3n) is 1.40. The van der Waals surface area contributed by atoms with Gasteiger partial charge in [0.05, 0.1) is 6.54 Å². The molecular weight excluding hydrogens is 134 g/mol. The molecule has 2 radical (unpaired) electrons. The van der Waals surface area contributed by atoms with Gasteiger partial charge in [0.25, 0.3) is 0 Å². The predicted molar refractivity (Wildman–Crippen MR) is 47.2 cm³/mol. The molecule has 0 aliphatic heterocycles. The fourth-order valence-corrected chi connectivity index (χ4v) is 0.886. The first-order chi connectivity index (χ1) is 5.18. The van der Waals surface area contributed by atoms with E-state index in [0.717, 1.165) is 5.56 Å². The largest absolute Gasteiger partial charge is 0.296 e. The Labute approximate surface area is 68.7 Å². The Morgan fingerprint density at radius 3 is 2.09 bits per heavy atom. The van der Waals surface area contributed by atoms with Gasteiger partial charge in [0.15, 0.2) is 0 Å². The van der Waals surface area contributed by atoms with E-state index in [-0.39, 0.29) is 0 Å². The van der Waals surface area contributed by atoms with Crippen molar-refractivity contribution in [3.63, 3.8) is 0 Å². The van der Waals surface area contributed by atoms with Crippen LogP contribution in [0.5, 0.6) is 0 Å². The molecule has 0 unspecified atom stereocenters. The highest BCUT2D eigenvalue weighted by Crippen LogP contribution is 2.05. The summed E-state index contributed by atoms with van der Waals surface area (Å²) < 4.78 is 0. The van der Waals surface area contributed by atoms with Gasteiger partial charge in [0.1, 0.15) is 0 Å². The number of nitrogens with zero attached hydrogens (tertiary/aromatic N) is 1. The molecule has 1 heteroatoms. The summed E-state index contributed by atoms with van der Waals surface area (Å²) in [6.07, 6.45) is 0. The van der Waals surface area contributed by atoms with E-state index < -0.39 is 0 Å². The summed E-state index contributed by atoms with van der Waals surface area (Å²) in [5.41, 5.74) is 2.41. The van der Waals surface area contributed by atoms with Gasteiger partial charge in [-0.25, -0.2) is 0 Å². The molecule has 0 atom stereocenters. The molecule has 1 aromatic rings. The standard InChI is InChI=1S/C10H13N/c1-9-4-6-10(7-5-9)8-11(2)3/h4-7H,1-3H3. The van der Waals surface area contributed by atoms with Gasteiger partial charge in [-0.15, -0.1) is 0 Å². The first-order valence-electron chi connectivity index (χ1n) is 3.69. The summed E-state index contributed by atoms with van der Waals surface area (Å²) in [5, 5.41) is 0. The van der Waals surface area contributed by atoms with Crippen molar-refractivity contribution in [1.29, 1.82) is 0 Å². The van der Waals surface area contributed by atoms with Gasteiger partial charge >= 0.3 is 0 Å². The Morgan fingerprint density at radius 1 is 1.09 bits per heavy atom. The Kier molecular flexibility index (Phi) is 2.66. The molecule has 0 bridgehead atoms. The van der Waals surface area contributed by atoms with E-state index in [2.05, 4.69) is 37.7 Å². The van der Waals surface area contributed by atoms with Crippen molar-refractivity contribution >= 4 is 0 Å². The van der Waals surface area contributed by atoms with Gasteiger partial charge in [-0.1, -0.05) is 29.8 Å². The van der Waals surface area contributed by atoms with Gasteiger partial charge in [0.2, 0.25) is 0 Å². The molecule has 0 heterocycles. The smallest absolute Gasteiger partial charge is 0.0957 e. The molecule has 0 aliphatic carbocycles. The van der Waals surface area contributed by atoms with Crippen molar-refractivity contribution in [3.05, 3.63) is 41.9 Å². The minimum atomic E-state index is 1.13. The molecule has 1 nitrogen and oxygen atoms in total. The monoisotopic (exact) mass is 147 g/mol. The maximum atomic E-state index is 3.17. The summed E-state index contributed by atoms with van der Waals surface area (Å²) in [4.78, 5) is 1.92. The summed E-state index contributed by atoms with van der Waals surface area (Å²) in [5.74, 6) is 0. The van der Waals surface area contributed by atoms with Crippen molar-refractivity contribution < 1.29 is 0 Å². The number of benzene rings is 1. The maximum Gasteiger partial charge on any atom is 0.0957 e. The fourth-order valence-electron chi connectivity index (χ4n) is 0.886. The van der Waals surface area contributed by atoms with Crippen LogP contribution in [0.25, 0.3) is 0 Å². The van der Waals surface area contributed by atoms with Gasteiger partial charge in [0, 0.05) is 0 Å². The highest BCUT2D eigenvalue weighted by atomic mass is 15.0. The number of hydrogen-bond acceptors (Lipinski definition) is 1. The van der Waals surface area contributed by atoms with Gasteiger partial charge in [-0.2, -0.15) is 0 Å². The van der Waals surface area contributed by atoms with E-state index in [1.54, 1.807) is 0 Å². The molecule has 0 amide bonds. The summed E-state index contributed by atoms with van der Waals surface area (Å²) >= 11 is 0. The van der Waals surface area contributed by atoms with Crippen molar-refractivity contribution in [2.24, 2.45) is 0 Å². The van der Waals surface area contributed by atoms with E-state index >= 15 is 0 Å². The minimum absolute atomic E-state index is 1.13. The second-order valence-corrected chi connectivity index (χ2v) is 2.87. The lowest BCUT2D eigenvalue weighted by molar-refractivity contribution is 0.516. The SMILES string of the molecule is Cc1ccc([C]N(C)C)cc1. The van der Waals surface area contributed by atoms with Crippen molar-refractivity contribution in [2.75, 3.05) is 14.1 Å². The molecule has 0 N–H and O–H groups in total. The Bertz CT molecular complexity index is 211. The minimum Gasteiger partial charge on any atom is -0.296 e. The average molecular weight is 147 g/mol. The third kappa shape index (κ3) is 2.72. The predicted octanol–water partition coefficient (Wildman–Crippen LogP) is 1.94. The number of hydrogen-bond donors (Lipinski definition) is 0. The van der Waals surface area contributed by atoms with Crippen LogP contribution in [0.2, 0.25) is 0 Å². The van der Waals surface area contributed by atoms with E-state index in [9.17, 15) is 0 Å². The molecule has 0 aliphatic rings. The van der Waals surface area contributed by atoms with Crippen LogP contribution in [0.1, 0.15) is 11.1 Å². The highest BCUT2D eigenvalue weighted by molar-refractivity contribution is 5.25. The molecule has 0 saturated carbocycles. The number of rotatable bonds is 2. The Hall–Kier alpha value is -0.820. The first-order valence-corrected chi connectivity index (χ1v) is 3.69. The molecule has 0 saturated heterocycles. The zero-order valence-electron chi connectivity index (χ0n) is 7.26. The third-order valence-corrected chi connectivity index (χ3v) is 1.40. The maximum absolute atomic E-state index is 3.17. The molecule has 11 heavy (non-hydrogen) atoms. The van der Waals surface area contributed by atoms with E-state index in [0.29, 0.717) is 0 Å². The molecule has 0 aromatic heterocycles. The lowest BCUT2D eigenvalue weighted by Crippen LogP contribution is -2.07. The van der Waals surface area contributed by atoms with Gasteiger partial charge < -0.3 is 0 Å². The summed E-state index contributed by atoms with van der Waals surface area (Å²) in [6, 6.07) is 8.31. The van der Waals surface area contributed by atoms with Crippen LogP contribution in [0.4, 0.5) is 0 Å². The van der Waals surface area contributed by atoms with Crippen molar-refractivity contribution in [3.8, 4) is 0 Å². The zero-order chi connectivity index (χ0) is 8.27. The van der Waals surface area contributed by atoms with Crippen molar-refractivity contribution in [1.82, 2.24) is 4.90 Å². The van der Waals surface area contributed by atoms with Crippen LogP contribution in [0.3, 0.4) is 0 Å². The molecule has 0 fully saturated rings. The Morgan fingerprint density at radius 2 is 1.64 bits per heavy atom. The summed E-state index contributed by atoms with van der Waals surface area (Å²) in [7, 11) is 3.94. The van der Waals surface area contributed by atoms with E-state index in [1.807, 2.05) is 19.0 Å². The quantitative estimate of drug-likeness (QED) is 0.578. The van der Waals surface area contributed by atoms with E-state index in [1.165, 1.54) is 5.56 Å². The highest BCUT2D eigenvalue weighted by Gasteiger charge is 1.94. The normalized spacial score (nSPS) is 10.5. The summed E-state index contributed by atoms with van der Waals surface area (Å²) in [6.45, 7) is 5.25. The first kappa shape index (κ1) is 8.28. The van der Waals surface area contributed by atoms with E-state index in [4.69, 9.17) is 0 Å². The molecule has 58 valence electrons. The zero-order valence-corrected chi connectivity index (χ0v) is 7.26. The van der Waals surface area contributed by atoms with Crippen LogP contribution in [-0.4, -0.2) is 19.0 Å². The molecule has 1 rings (SSSR count). The van der Waals surface area contributed by atoms with Gasteiger partial charge in [-0.3, -0.25) is 4.90 Å². The topological polar surface area (TPSA) is 3.24 Å². The van der Waals surface area contributed by atoms with Crippen LogP contribution < -0.4 is 0 Å². The van der Waals surface area contributed by atoms with Gasteiger partial charge in [-0.05, 0) is 26.6 Å². The van der Waals surface area contributed by atoms with Crippen LogP contribution in [-0.2, 0) is 0 Å². The fraction of sp³-hybridized carbons (Fsp3) is 0.300. The second-order valence-electron chi connectivity index (χ2n) is 2.87. The second kappa shape index (κ2) is 3.54. The molecule has 1 aromatic carbocycles. The number of aryl methyl sites for hydroxylation is 1. The lowest BCUT2D eigenvalue weighted by atomic mass is 10.1. The molecular formula is C10H13N. The lowest BCUT2D eigenvalue weighted by Gasteiger charge is -2.06. The Balaban J connectivity index is 2.66. The van der Waals surface area contributed by atoms with Crippen LogP contribution >= 0.6 is 0 Å². The van der Waals surface area contributed by atoms with Crippen molar-refractivity contribution in [2.45, 2.75) is 6.92 Å². The molecule has 0 spiro atoms. The van der Waals surface area contributed by atoms with Crippen LogP contribution in [0.15, 0.2) is 24.3 Å². The average Bonchev–Trinajstić information content (AvgIpc) is 1.93. The van der Waals surface area contributed by atoms with Crippen LogP contribution in [0, 0.1) is 13.5 Å².